The Bertz CT molecular complexity index is 506. The van der Waals surface area contributed by atoms with E-state index in [9.17, 15) is 4.79 Å². The van der Waals surface area contributed by atoms with Gasteiger partial charge in [0.2, 0.25) is 0 Å². The Hall–Kier alpha value is -2.16. The van der Waals surface area contributed by atoms with Crippen molar-refractivity contribution in [1.29, 1.82) is 0 Å². The SMILES string of the molecule is C=CC(=O)O.Cc1ccc2ccccc2n1. The molecule has 0 saturated heterocycles. The van der Waals surface area contributed by atoms with Gasteiger partial charge in [-0.15, -0.1) is 0 Å². The number of pyridine rings is 1. The number of hydrogen-bond acceptors (Lipinski definition) is 2. The zero-order valence-electron chi connectivity index (χ0n) is 9.05. The maximum atomic E-state index is 9.25. The van der Waals surface area contributed by atoms with E-state index in [1.54, 1.807) is 0 Å². The van der Waals surface area contributed by atoms with Crippen molar-refractivity contribution in [1.82, 2.24) is 4.98 Å². The van der Waals surface area contributed by atoms with Crippen molar-refractivity contribution in [2.45, 2.75) is 6.92 Å². The number of carboxylic acid groups (broad SMARTS) is 1. The van der Waals surface area contributed by atoms with Crippen LogP contribution in [0.3, 0.4) is 0 Å². The number of aliphatic carboxylic acids is 1. The second-order valence-corrected chi connectivity index (χ2v) is 3.19. The molecule has 1 N–H and O–H groups in total. The Morgan fingerprint density at radius 2 is 1.94 bits per heavy atom. The van der Waals surface area contributed by atoms with Crippen LogP contribution in [0.1, 0.15) is 5.69 Å². The van der Waals surface area contributed by atoms with Gasteiger partial charge < -0.3 is 5.11 Å². The van der Waals surface area contributed by atoms with E-state index in [0.29, 0.717) is 0 Å². The second-order valence-electron chi connectivity index (χ2n) is 3.19. The number of carboxylic acids is 1. The summed E-state index contributed by atoms with van der Waals surface area (Å²) in [7, 11) is 0. The van der Waals surface area contributed by atoms with E-state index in [2.05, 4.69) is 23.7 Å². The van der Waals surface area contributed by atoms with Gasteiger partial charge in [0.05, 0.1) is 5.52 Å². The third kappa shape index (κ3) is 3.53. The molecule has 0 aliphatic carbocycles. The normalized spacial score (nSPS) is 9.06. The molecule has 0 atom stereocenters. The van der Waals surface area contributed by atoms with E-state index in [1.165, 1.54) is 5.39 Å². The molecule has 0 radical (unpaired) electrons. The van der Waals surface area contributed by atoms with Crippen LogP contribution in [0.2, 0.25) is 0 Å². The van der Waals surface area contributed by atoms with Crippen LogP contribution in [-0.4, -0.2) is 16.1 Å². The lowest BCUT2D eigenvalue weighted by Crippen LogP contribution is -1.82. The van der Waals surface area contributed by atoms with Crippen LogP contribution in [0.5, 0.6) is 0 Å². The van der Waals surface area contributed by atoms with Crippen LogP contribution in [0.4, 0.5) is 0 Å². The van der Waals surface area contributed by atoms with Crippen molar-refractivity contribution in [2.24, 2.45) is 0 Å². The smallest absolute Gasteiger partial charge is 0.327 e. The standard InChI is InChI=1S/C10H9N.C3H4O2/c1-8-6-7-9-4-2-3-5-10(9)11-8;1-2-3(4)5/h2-7H,1H3;2H,1H2,(H,4,5). The van der Waals surface area contributed by atoms with Gasteiger partial charge in [-0.25, -0.2) is 4.79 Å². The molecule has 0 aliphatic heterocycles. The quantitative estimate of drug-likeness (QED) is 0.744. The van der Waals surface area contributed by atoms with Crippen molar-refractivity contribution >= 4 is 16.9 Å². The van der Waals surface area contributed by atoms with Gasteiger partial charge in [0.1, 0.15) is 0 Å². The first kappa shape index (κ1) is 11.9. The van der Waals surface area contributed by atoms with Gasteiger partial charge in [-0.2, -0.15) is 0 Å². The molecule has 0 bridgehead atoms. The minimum Gasteiger partial charge on any atom is -0.478 e. The highest BCUT2D eigenvalue weighted by Crippen LogP contribution is 2.10. The average molecular weight is 215 g/mol. The zero-order chi connectivity index (χ0) is 12.0. The van der Waals surface area contributed by atoms with Gasteiger partial charge in [-0.05, 0) is 19.1 Å². The van der Waals surface area contributed by atoms with Gasteiger partial charge in [0.25, 0.3) is 0 Å². The van der Waals surface area contributed by atoms with Crippen LogP contribution in [-0.2, 0) is 4.79 Å². The third-order valence-electron chi connectivity index (χ3n) is 1.91. The first-order valence-electron chi connectivity index (χ1n) is 4.81. The van der Waals surface area contributed by atoms with Gasteiger partial charge in [0, 0.05) is 17.2 Å². The lowest BCUT2D eigenvalue weighted by molar-refractivity contribution is -0.131. The molecule has 0 saturated carbocycles. The van der Waals surface area contributed by atoms with Gasteiger partial charge in [-0.3, -0.25) is 4.98 Å². The molecular formula is C13H13NO2. The largest absolute Gasteiger partial charge is 0.478 e. The van der Waals surface area contributed by atoms with Crippen molar-refractivity contribution in [2.75, 3.05) is 0 Å². The summed E-state index contributed by atoms with van der Waals surface area (Å²) in [6.07, 6.45) is 0.833. The molecule has 0 unspecified atom stereocenters. The molecule has 2 rings (SSSR count). The minimum atomic E-state index is -0.981. The average Bonchev–Trinajstić information content (AvgIpc) is 2.29. The summed E-state index contributed by atoms with van der Waals surface area (Å²) in [6, 6.07) is 12.3. The molecule has 1 heterocycles. The first-order chi connectivity index (χ1) is 7.63. The van der Waals surface area contributed by atoms with Crippen LogP contribution in [0.25, 0.3) is 10.9 Å². The number of benzene rings is 1. The van der Waals surface area contributed by atoms with Crippen molar-refractivity contribution in [3.8, 4) is 0 Å². The molecule has 82 valence electrons. The highest BCUT2D eigenvalue weighted by atomic mass is 16.4. The number of aryl methyl sites for hydroxylation is 1. The Labute approximate surface area is 94.1 Å². The predicted octanol–water partition coefficient (Wildman–Crippen LogP) is 2.80. The van der Waals surface area contributed by atoms with E-state index >= 15 is 0 Å². The number of nitrogens with zero attached hydrogens (tertiary/aromatic N) is 1. The van der Waals surface area contributed by atoms with E-state index in [-0.39, 0.29) is 0 Å². The molecule has 0 fully saturated rings. The summed E-state index contributed by atoms with van der Waals surface area (Å²) >= 11 is 0. The monoisotopic (exact) mass is 215 g/mol. The topological polar surface area (TPSA) is 50.2 Å². The molecule has 0 amide bonds. The fraction of sp³-hybridized carbons (Fsp3) is 0.0769. The number of hydrogen-bond donors (Lipinski definition) is 1. The summed E-state index contributed by atoms with van der Waals surface area (Å²) in [6.45, 7) is 4.97. The number of rotatable bonds is 1. The van der Waals surface area contributed by atoms with E-state index in [0.717, 1.165) is 17.3 Å². The zero-order valence-corrected chi connectivity index (χ0v) is 9.05. The lowest BCUT2D eigenvalue weighted by atomic mass is 10.2. The molecule has 1 aromatic heterocycles. The molecule has 0 spiro atoms. The summed E-state index contributed by atoms with van der Waals surface area (Å²) in [5, 5.41) is 8.81. The number of carbonyl (C=O) groups is 1. The highest BCUT2D eigenvalue weighted by molar-refractivity contribution is 5.79. The molecule has 16 heavy (non-hydrogen) atoms. The summed E-state index contributed by atoms with van der Waals surface area (Å²) in [5.74, 6) is -0.981. The maximum Gasteiger partial charge on any atom is 0.327 e. The lowest BCUT2D eigenvalue weighted by Gasteiger charge is -1.95. The van der Waals surface area contributed by atoms with Gasteiger partial charge in [-0.1, -0.05) is 30.8 Å². The second kappa shape index (κ2) is 5.66. The molecular weight excluding hydrogens is 202 g/mol. The third-order valence-corrected chi connectivity index (χ3v) is 1.91. The number of fused-ring (bicyclic) bond motifs is 1. The Morgan fingerprint density at radius 3 is 2.56 bits per heavy atom. The summed E-state index contributed by atoms with van der Waals surface area (Å²) < 4.78 is 0. The van der Waals surface area contributed by atoms with E-state index in [4.69, 9.17) is 5.11 Å². The fourth-order valence-electron chi connectivity index (χ4n) is 1.17. The Kier molecular flexibility index (Phi) is 4.21. The predicted molar refractivity (Wildman–Crippen MR) is 64.3 cm³/mol. The molecule has 3 heteroatoms. The van der Waals surface area contributed by atoms with Crippen LogP contribution in [0, 0.1) is 6.92 Å². The van der Waals surface area contributed by atoms with Crippen molar-refractivity contribution in [3.05, 3.63) is 54.7 Å². The fourth-order valence-corrected chi connectivity index (χ4v) is 1.17. The Balaban J connectivity index is 0.000000221. The first-order valence-corrected chi connectivity index (χ1v) is 4.81. The Morgan fingerprint density at radius 1 is 1.31 bits per heavy atom. The molecule has 3 nitrogen and oxygen atoms in total. The highest BCUT2D eigenvalue weighted by Gasteiger charge is 1.91. The molecule has 1 aromatic carbocycles. The van der Waals surface area contributed by atoms with E-state index < -0.39 is 5.97 Å². The van der Waals surface area contributed by atoms with Crippen LogP contribution >= 0.6 is 0 Å². The maximum absolute atomic E-state index is 9.25. The van der Waals surface area contributed by atoms with Crippen molar-refractivity contribution in [3.63, 3.8) is 0 Å². The van der Waals surface area contributed by atoms with Crippen LogP contribution < -0.4 is 0 Å². The van der Waals surface area contributed by atoms with Crippen LogP contribution in [0.15, 0.2) is 49.1 Å². The summed E-state index contributed by atoms with van der Waals surface area (Å²) in [4.78, 5) is 13.6. The number of para-hydroxylation sites is 1. The summed E-state index contributed by atoms with van der Waals surface area (Å²) in [5.41, 5.74) is 2.15. The van der Waals surface area contributed by atoms with E-state index in [1.807, 2.05) is 31.2 Å². The van der Waals surface area contributed by atoms with Crippen molar-refractivity contribution < 1.29 is 9.90 Å². The molecule has 0 aliphatic rings. The molecule has 2 aromatic rings. The van der Waals surface area contributed by atoms with Gasteiger partial charge in [0.15, 0.2) is 0 Å². The minimum absolute atomic E-state index is 0.833. The van der Waals surface area contributed by atoms with Gasteiger partial charge >= 0.3 is 5.97 Å². The number of aromatic nitrogens is 1.